The van der Waals surface area contributed by atoms with Gasteiger partial charge < -0.3 is 29.3 Å². The molecule has 7 nitrogen and oxygen atoms in total. The maximum Gasteiger partial charge on any atom is 0.231 e. The van der Waals surface area contributed by atoms with Crippen molar-refractivity contribution in [3.8, 4) is 17.2 Å². The van der Waals surface area contributed by atoms with Crippen molar-refractivity contribution >= 4 is 40.0 Å². The second kappa shape index (κ2) is 18.5. The summed E-state index contributed by atoms with van der Waals surface area (Å²) in [4.78, 5) is 8.20. The zero-order valence-corrected chi connectivity index (χ0v) is 33.5. The highest BCUT2D eigenvalue weighted by Crippen LogP contribution is 2.63. The normalized spacial score (nSPS) is 24.8. The Morgan fingerprint density at radius 1 is 0.891 bits per heavy atom. The molecule has 0 saturated heterocycles. The van der Waals surface area contributed by atoms with Gasteiger partial charge in [0.25, 0.3) is 0 Å². The van der Waals surface area contributed by atoms with E-state index in [-0.39, 0.29) is 42.1 Å². The highest BCUT2D eigenvalue weighted by Gasteiger charge is 2.64. The number of fused-ring (bicyclic) bond motifs is 3. The fraction of sp³-hybridized carbons (Fsp3) is 0.413. The minimum Gasteiger partial charge on any atom is -0.460 e. The van der Waals surface area contributed by atoms with E-state index < -0.39 is 5.79 Å². The molecule has 1 fully saturated rings. The number of hydrogen-bond donors (Lipinski definition) is 2. The predicted octanol–water partition coefficient (Wildman–Crippen LogP) is 10.8. The number of thioether (sulfide) groups is 2. The molecule has 7 rings (SSSR count). The van der Waals surface area contributed by atoms with Crippen LogP contribution < -0.4 is 9.47 Å². The smallest absolute Gasteiger partial charge is 0.231 e. The number of allylic oxidation sites excluding steroid dienone is 1. The maximum atomic E-state index is 9.92. The lowest BCUT2D eigenvalue weighted by Crippen LogP contribution is -2.64. The Kier molecular flexibility index (Phi) is 13.3. The molecule has 0 spiro atoms. The predicted molar refractivity (Wildman–Crippen MR) is 225 cm³/mol. The number of ether oxygens (including phenoxy) is 3. The van der Waals surface area contributed by atoms with Crippen LogP contribution in [0.5, 0.6) is 17.2 Å². The number of aliphatic hydroxyl groups is 2. The van der Waals surface area contributed by atoms with Gasteiger partial charge in [0.2, 0.25) is 5.79 Å². The summed E-state index contributed by atoms with van der Waals surface area (Å²) in [5.74, 6) is 1.47. The van der Waals surface area contributed by atoms with E-state index in [4.69, 9.17) is 24.2 Å². The summed E-state index contributed by atoms with van der Waals surface area (Å²) in [5, 5.41) is 26.8. The van der Waals surface area contributed by atoms with E-state index in [9.17, 15) is 10.2 Å². The van der Waals surface area contributed by atoms with Crippen LogP contribution in [0.1, 0.15) is 63.4 Å². The van der Waals surface area contributed by atoms with Gasteiger partial charge in [-0.1, -0.05) is 60.5 Å². The van der Waals surface area contributed by atoms with Crippen LogP contribution in [-0.2, 0) is 9.57 Å². The molecular formula is C46H53NO6S2. The highest BCUT2D eigenvalue weighted by atomic mass is 32.2. The number of rotatable bonds is 18. The van der Waals surface area contributed by atoms with Gasteiger partial charge in [-0.2, -0.15) is 0 Å². The monoisotopic (exact) mass is 779 g/mol. The molecule has 1 heterocycles. The minimum atomic E-state index is -1.06. The molecule has 4 aromatic carbocycles. The summed E-state index contributed by atoms with van der Waals surface area (Å²) in [6, 6.07) is 29.5. The van der Waals surface area contributed by atoms with Crippen molar-refractivity contribution < 1.29 is 29.3 Å². The zero-order valence-electron chi connectivity index (χ0n) is 31.9. The Morgan fingerprint density at radius 3 is 2.38 bits per heavy atom. The molecule has 2 N–H and O–H groups in total. The Hall–Kier alpha value is -3.73. The molecule has 0 amide bonds. The van der Waals surface area contributed by atoms with E-state index >= 15 is 0 Å². The van der Waals surface area contributed by atoms with Crippen LogP contribution in [0.3, 0.4) is 0 Å². The van der Waals surface area contributed by atoms with Crippen molar-refractivity contribution in [1.29, 1.82) is 0 Å². The van der Waals surface area contributed by atoms with E-state index in [1.54, 1.807) is 23.5 Å². The van der Waals surface area contributed by atoms with Gasteiger partial charge in [0, 0.05) is 40.9 Å². The molecule has 0 aromatic heterocycles. The molecule has 1 saturated carbocycles. The van der Waals surface area contributed by atoms with Gasteiger partial charge in [-0.05, 0) is 122 Å². The first kappa shape index (κ1) is 39.5. The number of hydrogen-bond acceptors (Lipinski definition) is 9. The topological polar surface area (TPSA) is 89.7 Å². The average molecular weight is 780 g/mol. The summed E-state index contributed by atoms with van der Waals surface area (Å²) < 4.78 is 21.0. The molecule has 0 bridgehead atoms. The van der Waals surface area contributed by atoms with Gasteiger partial charge in [0.15, 0.2) is 0 Å². The number of nitrogens with zero attached hydrogens (tertiary/aromatic N) is 1. The third-order valence-corrected chi connectivity index (χ3v) is 13.3. The molecule has 1 aliphatic heterocycles. The molecule has 55 heavy (non-hydrogen) atoms. The Bertz CT molecular complexity index is 1980. The van der Waals surface area contributed by atoms with Crippen LogP contribution in [0.25, 0.3) is 10.8 Å². The van der Waals surface area contributed by atoms with E-state index in [1.807, 2.05) is 31.2 Å². The van der Waals surface area contributed by atoms with Gasteiger partial charge in [-0.15, -0.1) is 30.1 Å². The zero-order chi connectivity index (χ0) is 38.2. The molecule has 0 radical (unpaired) electrons. The van der Waals surface area contributed by atoms with Crippen LogP contribution >= 0.6 is 23.5 Å². The molecular weight excluding hydrogens is 727 g/mol. The standard InChI is InChI=1S/C46H53NO6S2/c1-4-26-50-46-43(55-37-20-16-31-12-6-7-13-32(31)27-37)30-41(47-51-5-2)39-28-33(14-8-10-24-48)38(15-9-11-25-49)44(45(39)46)40-29-35(19-23-42(40)53-46)52-34-17-21-36(54-3)22-18-34/h4,6-7,12-13,16-23,27-29,33,38,43-45,48-49H,1,5,8-11,14-15,24-26,30H2,2-3H3/t33-,38+,43-,44+,45+,46+/m0/s1. The summed E-state index contributed by atoms with van der Waals surface area (Å²) >= 11 is 3.48. The van der Waals surface area contributed by atoms with Gasteiger partial charge in [0.05, 0.1) is 23.5 Å². The molecule has 3 aliphatic rings. The largest absolute Gasteiger partial charge is 0.460 e. The summed E-state index contributed by atoms with van der Waals surface area (Å²) in [6.07, 6.45) is 12.1. The maximum absolute atomic E-state index is 9.92. The summed E-state index contributed by atoms with van der Waals surface area (Å²) in [5.41, 5.74) is 3.15. The molecule has 4 aromatic rings. The van der Waals surface area contributed by atoms with Crippen LogP contribution in [0.15, 0.2) is 124 Å². The van der Waals surface area contributed by atoms with Gasteiger partial charge in [-0.3, -0.25) is 0 Å². The third kappa shape index (κ3) is 8.52. The van der Waals surface area contributed by atoms with E-state index in [0.29, 0.717) is 19.6 Å². The van der Waals surface area contributed by atoms with Crippen LogP contribution in [0.4, 0.5) is 0 Å². The van der Waals surface area contributed by atoms with Gasteiger partial charge in [0.1, 0.15) is 23.9 Å². The first-order valence-corrected chi connectivity index (χ1v) is 21.8. The average Bonchev–Trinajstić information content (AvgIpc) is 3.21. The highest BCUT2D eigenvalue weighted by molar-refractivity contribution is 8.00. The second-order valence-corrected chi connectivity index (χ2v) is 16.7. The summed E-state index contributed by atoms with van der Waals surface area (Å²) in [6.45, 7) is 7.15. The van der Waals surface area contributed by atoms with E-state index in [2.05, 4.69) is 85.6 Å². The molecule has 290 valence electrons. The third-order valence-electron chi connectivity index (χ3n) is 11.2. The first-order chi connectivity index (χ1) is 27.0. The first-order valence-electron chi connectivity index (χ1n) is 19.7. The van der Waals surface area contributed by atoms with Crippen molar-refractivity contribution in [2.45, 2.75) is 78.6 Å². The molecule has 6 atom stereocenters. The molecule has 2 aliphatic carbocycles. The SMILES string of the molecule is C=CCO[C@@]12Oc3ccc(Oc4ccc(SC)cc4)cc3[C@H]3[C@H](CCCCO)[C@@H](CCCCO)C=C(C(=NOCC)C[C@@H]1Sc1ccc4ccccc4c1)[C@H]32. The van der Waals surface area contributed by atoms with Gasteiger partial charge in [-0.25, -0.2) is 0 Å². The van der Waals surface area contributed by atoms with Crippen molar-refractivity contribution in [1.82, 2.24) is 0 Å². The lowest BCUT2D eigenvalue weighted by Gasteiger charge is -2.58. The second-order valence-electron chi connectivity index (χ2n) is 14.6. The Balaban J connectivity index is 1.40. The Morgan fingerprint density at radius 2 is 1.64 bits per heavy atom. The van der Waals surface area contributed by atoms with Crippen molar-refractivity contribution in [3.63, 3.8) is 0 Å². The lowest BCUT2D eigenvalue weighted by atomic mass is 9.56. The summed E-state index contributed by atoms with van der Waals surface area (Å²) in [7, 11) is 0. The van der Waals surface area contributed by atoms with Crippen molar-refractivity contribution in [2.75, 3.05) is 32.7 Å². The van der Waals surface area contributed by atoms with E-state index in [1.165, 1.54) is 15.7 Å². The molecule has 9 heteroatoms. The molecule has 0 unspecified atom stereocenters. The van der Waals surface area contributed by atoms with Crippen LogP contribution in [-0.4, -0.2) is 59.6 Å². The number of unbranched alkanes of at least 4 members (excludes halogenated alkanes) is 2. The van der Waals surface area contributed by atoms with Crippen LogP contribution in [0, 0.1) is 17.8 Å². The fourth-order valence-corrected chi connectivity index (χ4v) is 10.6. The van der Waals surface area contributed by atoms with Crippen molar-refractivity contribution in [3.05, 3.63) is 115 Å². The lowest BCUT2D eigenvalue weighted by molar-refractivity contribution is -0.223. The van der Waals surface area contributed by atoms with Crippen LogP contribution in [0.2, 0.25) is 0 Å². The number of oxime groups is 1. The minimum absolute atomic E-state index is 0.0133. The number of aliphatic hydroxyl groups excluding tert-OH is 2. The Labute approximate surface area is 334 Å². The van der Waals surface area contributed by atoms with Gasteiger partial charge >= 0.3 is 0 Å². The quantitative estimate of drug-likeness (QED) is 0.0447. The number of benzene rings is 4. The van der Waals surface area contributed by atoms with Crippen molar-refractivity contribution in [2.24, 2.45) is 22.9 Å². The van der Waals surface area contributed by atoms with E-state index in [0.717, 1.165) is 77.5 Å². The fourth-order valence-electron chi connectivity index (χ4n) is 8.82.